The van der Waals surface area contributed by atoms with E-state index in [-0.39, 0.29) is 74.5 Å². The molecule has 0 N–H and O–H groups in total. The summed E-state index contributed by atoms with van der Waals surface area (Å²) in [5, 5.41) is 0. The fourth-order valence-electron chi connectivity index (χ4n) is 7.48. The van der Waals surface area contributed by atoms with Gasteiger partial charge in [-0.15, -0.1) is 0 Å². The molecule has 2 aromatic carbocycles. The Labute approximate surface area is 352 Å². The highest BCUT2D eigenvalue weighted by molar-refractivity contribution is 6.22. The van der Waals surface area contributed by atoms with Gasteiger partial charge in [0, 0.05) is 50.2 Å². The largest absolute Gasteiger partial charge is 0.464 e. The molecule has 0 saturated carbocycles. The number of hydrogen-bond acceptors (Lipinski definition) is 12. The number of unbranched alkanes of at least 4 members (excludes halogenated alkanes) is 4. The number of benzene rings is 2. The number of carbonyl (C=O) groups is 10. The summed E-state index contributed by atoms with van der Waals surface area (Å²) in [4.78, 5) is 128. The molecule has 326 valence electrons. The van der Waals surface area contributed by atoms with Gasteiger partial charge in [-0.1, -0.05) is 25.0 Å². The summed E-state index contributed by atoms with van der Waals surface area (Å²) < 4.78 is 55.8. The molecule has 0 bridgehead atoms. The molecule has 4 heterocycles. The second-order valence-corrected chi connectivity index (χ2v) is 15.1. The van der Waals surface area contributed by atoms with Gasteiger partial charge in [-0.2, -0.15) is 13.2 Å². The lowest BCUT2D eigenvalue weighted by molar-refractivity contribution is -0.173. The van der Waals surface area contributed by atoms with E-state index in [4.69, 9.17) is 9.47 Å². The van der Waals surface area contributed by atoms with Gasteiger partial charge in [0.05, 0.1) is 35.3 Å². The third kappa shape index (κ3) is 9.11. The first-order valence-electron chi connectivity index (χ1n) is 19.9. The monoisotopic (exact) mass is 862 g/mol. The number of amides is 8. The Hall–Kier alpha value is -6.79. The van der Waals surface area contributed by atoms with Crippen LogP contribution in [0.1, 0.15) is 111 Å². The van der Waals surface area contributed by atoms with Crippen LogP contribution in [-0.4, -0.2) is 124 Å². The topological polar surface area (TPSA) is 202 Å². The third-order valence-electron chi connectivity index (χ3n) is 11.1. The van der Waals surface area contributed by atoms with Crippen molar-refractivity contribution in [2.24, 2.45) is 0 Å². The van der Waals surface area contributed by atoms with Crippen LogP contribution in [0.3, 0.4) is 0 Å². The first-order chi connectivity index (χ1) is 29.4. The Morgan fingerprint density at radius 1 is 0.484 bits per heavy atom. The Balaban J connectivity index is 1.01. The SMILES string of the molecule is CC(c1ccc2c(c1)C(=O)N(CCOC(=O)CCCCCN1C(=O)C=CC1=O)C2=O)(c1ccc2c(c1)C(=O)N(CCOC(=O)CCCCCN1C(=O)C=CC1=O)C2=O)C(F)(F)F. The maximum absolute atomic E-state index is 15.1. The minimum Gasteiger partial charge on any atom is -0.464 e. The quantitative estimate of drug-likeness (QED) is 0.106. The lowest BCUT2D eigenvalue weighted by atomic mass is 9.74. The van der Waals surface area contributed by atoms with E-state index in [1.165, 1.54) is 24.3 Å². The van der Waals surface area contributed by atoms with Crippen molar-refractivity contribution in [1.29, 1.82) is 0 Å². The van der Waals surface area contributed by atoms with Crippen LogP contribution in [-0.2, 0) is 43.7 Å². The van der Waals surface area contributed by atoms with E-state index < -0.39 is 81.9 Å². The average Bonchev–Trinajstić information content (AvgIpc) is 3.89. The number of rotatable bonds is 20. The molecule has 16 nitrogen and oxygen atoms in total. The molecule has 0 unspecified atom stereocenters. The summed E-state index contributed by atoms with van der Waals surface area (Å²) in [6, 6.07) is 6.23. The van der Waals surface area contributed by atoms with E-state index in [1.807, 2.05) is 0 Å². The van der Waals surface area contributed by atoms with Crippen LogP contribution in [0.2, 0.25) is 0 Å². The van der Waals surface area contributed by atoms with Crippen LogP contribution in [0.4, 0.5) is 13.2 Å². The standard InChI is InChI=1S/C43H41F3N4O12/c1-42(43(44,45)46,26-10-12-28-30(24-26)40(59)49(38(28)57)20-22-61-36(55)8-4-2-6-18-47-32(51)14-15-33(47)52)27-11-13-29-31(25-27)41(60)50(39(29)58)21-23-62-37(56)9-5-3-7-19-48-34(53)16-17-35(48)54/h10-17,24-25H,2-9,18-23H2,1H3. The number of nitrogens with zero attached hydrogens (tertiary/aromatic N) is 4. The van der Waals surface area contributed by atoms with Crippen molar-refractivity contribution in [3.63, 3.8) is 0 Å². The van der Waals surface area contributed by atoms with E-state index in [2.05, 4.69) is 0 Å². The number of ether oxygens (including phenoxy) is 2. The number of carbonyl (C=O) groups excluding carboxylic acids is 10. The van der Waals surface area contributed by atoms with Crippen LogP contribution >= 0.6 is 0 Å². The Bertz CT molecular complexity index is 2130. The number of esters is 2. The minimum absolute atomic E-state index is 0.00504. The number of imide groups is 4. The molecular formula is C43H41F3N4O12. The number of fused-ring (bicyclic) bond motifs is 2. The summed E-state index contributed by atoms with van der Waals surface area (Å²) in [6.07, 6.45) is 2.44. The molecule has 0 aliphatic carbocycles. The Kier molecular flexibility index (Phi) is 13.3. The van der Waals surface area contributed by atoms with Gasteiger partial charge < -0.3 is 9.47 Å². The van der Waals surface area contributed by atoms with Gasteiger partial charge in [0.2, 0.25) is 0 Å². The fraction of sp³-hybridized carbons (Fsp3) is 0.395. The molecule has 6 rings (SSSR count). The molecule has 0 saturated heterocycles. The van der Waals surface area contributed by atoms with Gasteiger partial charge in [0.1, 0.15) is 18.6 Å². The third-order valence-corrected chi connectivity index (χ3v) is 11.1. The van der Waals surface area contributed by atoms with Gasteiger partial charge in [0.25, 0.3) is 47.3 Å². The lowest BCUT2D eigenvalue weighted by Crippen LogP contribution is -2.41. The maximum atomic E-state index is 15.1. The maximum Gasteiger partial charge on any atom is 0.402 e. The molecule has 0 atom stereocenters. The predicted molar refractivity (Wildman–Crippen MR) is 207 cm³/mol. The van der Waals surface area contributed by atoms with Crippen molar-refractivity contribution >= 4 is 59.2 Å². The van der Waals surface area contributed by atoms with E-state index in [9.17, 15) is 47.9 Å². The number of halogens is 3. The fourth-order valence-corrected chi connectivity index (χ4v) is 7.48. The van der Waals surface area contributed by atoms with Crippen molar-refractivity contribution in [3.8, 4) is 0 Å². The predicted octanol–water partition coefficient (Wildman–Crippen LogP) is 3.80. The van der Waals surface area contributed by atoms with Gasteiger partial charge in [0.15, 0.2) is 0 Å². The highest BCUT2D eigenvalue weighted by atomic mass is 19.4. The van der Waals surface area contributed by atoms with Crippen LogP contribution in [0.5, 0.6) is 0 Å². The zero-order valence-corrected chi connectivity index (χ0v) is 33.5. The minimum atomic E-state index is -5.02. The van der Waals surface area contributed by atoms with Gasteiger partial charge in [-0.05, 0) is 68.0 Å². The molecule has 0 fully saturated rings. The molecule has 0 aromatic heterocycles. The Morgan fingerprint density at radius 2 is 0.839 bits per heavy atom. The highest BCUT2D eigenvalue weighted by Crippen LogP contribution is 2.47. The normalized spacial score (nSPS) is 16.1. The summed E-state index contributed by atoms with van der Waals surface area (Å²) in [5.41, 5.74) is -4.62. The second-order valence-electron chi connectivity index (χ2n) is 15.1. The number of alkyl halides is 3. The molecule has 62 heavy (non-hydrogen) atoms. The molecule has 0 radical (unpaired) electrons. The van der Waals surface area contributed by atoms with Crippen LogP contribution in [0, 0.1) is 0 Å². The van der Waals surface area contributed by atoms with Crippen molar-refractivity contribution in [1.82, 2.24) is 19.6 Å². The summed E-state index contributed by atoms with van der Waals surface area (Å²) in [7, 11) is 0. The van der Waals surface area contributed by atoms with E-state index in [0.29, 0.717) is 38.5 Å². The molecule has 8 amide bonds. The molecular weight excluding hydrogens is 821 g/mol. The first kappa shape index (κ1) is 44.8. The molecule has 2 aromatic rings. The van der Waals surface area contributed by atoms with Crippen LogP contribution in [0.15, 0.2) is 60.7 Å². The molecule has 19 heteroatoms. The van der Waals surface area contributed by atoms with Crippen LogP contribution < -0.4 is 0 Å². The van der Waals surface area contributed by atoms with E-state index >= 15 is 13.2 Å². The molecule has 0 spiro atoms. The van der Waals surface area contributed by atoms with Crippen molar-refractivity contribution < 1.29 is 70.6 Å². The van der Waals surface area contributed by atoms with Crippen molar-refractivity contribution in [2.75, 3.05) is 39.4 Å². The smallest absolute Gasteiger partial charge is 0.402 e. The highest BCUT2D eigenvalue weighted by Gasteiger charge is 2.55. The summed E-state index contributed by atoms with van der Waals surface area (Å²) >= 11 is 0. The van der Waals surface area contributed by atoms with Gasteiger partial charge >= 0.3 is 18.1 Å². The first-order valence-corrected chi connectivity index (χ1v) is 19.9. The molecule has 4 aliphatic rings. The summed E-state index contributed by atoms with van der Waals surface area (Å²) in [6.45, 7) is -0.200. The molecule has 4 aliphatic heterocycles. The van der Waals surface area contributed by atoms with Crippen molar-refractivity contribution in [2.45, 2.75) is 69.9 Å². The van der Waals surface area contributed by atoms with Gasteiger partial charge in [-0.3, -0.25) is 67.5 Å². The lowest BCUT2D eigenvalue weighted by Gasteiger charge is -2.33. The zero-order chi connectivity index (χ0) is 44.9. The van der Waals surface area contributed by atoms with Crippen molar-refractivity contribution in [3.05, 3.63) is 94.1 Å². The number of hydrogen-bond donors (Lipinski definition) is 0. The van der Waals surface area contributed by atoms with Gasteiger partial charge in [-0.25, -0.2) is 0 Å². The van der Waals surface area contributed by atoms with E-state index in [1.54, 1.807) is 0 Å². The average molecular weight is 863 g/mol. The zero-order valence-electron chi connectivity index (χ0n) is 33.5. The van der Waals surface area contributed by atoms with Crippen LogP contribution in [0.25, 0.3) is 0 Å². The van der Waals surface area contributed by atoms with E-state index in [0.717, 1.165) is 62.9 Å². The summed E-state index contributed by atoms with van der Waals surface area (Å²) in [5.74, 6) is -6.22. The Morgan fingerprint density at radius 3 is 1.19 bits per heavy atom. The second kappa shape index (κ2) is 18.4.